The summed E-state index contributed by atoms with van der Waals surface area (Å²) in [6, 6.07) is 5.59. The third kappa shape index (κ3) is 4.01. The van der Waals surface area contributed by atoms with Crippen molar-refractivity contribution in [1.29, 1.82) is 5.41 Å². The van der Waals surface area contributed by atoms with Crippen LogP contribution < -0.4 is 10.5 Å². The van der Waals surface area contributed by atoms with Gasteiger partial charge in [0.15, 0.2) is 0 Å². The van der Waals surface area contributed by atoms with E-state index in [-0.39, 0.29) is 11.9 Å². The van der Waals surface area contributed by atoms with Gasteiger partial charge in [0.25, 0.3) is 0 Å². The van der Waals surface area contributed by atoms with Gasteiger partial charge in [-0.1, -0.05) is 6.07 Å². The minimum Gasteiger partial charge on any atom is -0.496 e. The molecule has 100 valence electrons. The molecule has 0 bridgehead atoms. The first-order chi connectivity index (χ1) is 8.43. The third-order valence-electron chi connectivity index (χ3n) is 2.58. The molecule has 1 aromatic rings. The number of methoxy groups -OCH3 is 1. The van der Waals surface area contributed by atoms with E-state index in [4.69, 9.17) is 15.9 Å². The standard InChI is InChI=1S/C13H21N3O2/c1-9(17)7-16(2)8-10-4-5-12(18-3)11(6-10)13(14)15/h4-6,9,17H,7-8H2,1-3H3,(H3,14,15). The molecule has 0 spiro atoms. The van der Waals surface area contributed by atoms with Crippen molar-refractivity contribution in [2.24, 2.45) is 5.73 Å². The molecule has 0 amide bonds. The molecular weight excluding hydrogens is 230 g/mol. The molecule has 18 heavy (non-hydrogen) atoms. The normalized spacial score (nSPS) is 12.5. The van der Waals surface area contributed by atoms with E-state index >= 15 is 0 Å². The second-order valence-corrected chi connectivity index (χ2v) is 4.49. The molecule has 0 saturated carbocycles. The maximum atomic E-state index is 9.31. The minimum atomic E-state index is -0.361. The summed E-state index contributed by atoms with van der Waals surface area (Å²) in [5.74, 6) is 0.594. The number of likely N-dealkylation sites (N-methyl/N-ethyl adjacent to an activating group) is 1. The van der Waals surface area contributed by atoms with E-state index < -0.39 is 0 Å². The van der Waals surface area contributed by atoms with Crippen LogP contribution in [0.5, 0.6) is 5.75 Å². The zero-order valence-electron chi connectivity index (χ0n) is 11.1. The van der Waals surface area contributed by atoms with Crippen LogP contribution in [0.4, 0.5) is 0 Å². The summed E-state index contributed by atoms with van der Waals surface area (Å²) >= 11 is 0. The van der Waals surface area contributed by atoms with Crippen LogP contribution in [0.25, 0.3) is 0 Å². The van der Waals surface area contributed by atoms with E-state index in [1.54, 1.807) is 14.0 Å². The number of ether oxygens (including phenoxy) is 1. The van der Waals surface area contributed by atoms with E-state index in [1.165, 1.54) is 0 Å². The highest BCUT2D eigenvalue weighted by atomic mass is 16.5. The number of benzene rings is 1. The molecule has 0 aliphatic heterocycles. The zero-order valence-corrected chi connectivity index (χ0v) is 11.1. The lowest BCUT2D eigenvalue weighted by Gasteiger charge is -2.19. The lowest BCUT2D eigenvalue weighted by Crippen LogP contribution is -2.26. The number of nitrogens with one attached hydrogen (secondary N) is 1. The van der Waals surface area contributed by atoms with Crippen molar-refractivity contribution < 1.29 is 9.84 Å². The molecule has 0 heterocycles. The highest BCUT2D eigenvalue weighted by Gasteiger charge is 2.09. The molecule has 5 nitrogen and oxygen atoms in total. The Bertz CT molecular complexity index is 419. The van der Waals surface area contributed by atoms with Crippen molar-refractivity contribution in [2.75, 3.05) is 20.7 Å². The first kappa shape index (κ1) is 14.5. The van der Waals surface area contributed by atoms with Gasteiger partial charge in [-0.05, 0) is 31.7 Å². The molecule has 0 saturated heterocycles. The zero-order chi connectivity index (χ0) is 13.7. The number of aliphatic hydroxyl groups excluding tert-OH is 1. The molecule has 4 N–H and O–H groups in total. The Balaban J connectivity index is 2.85. The summed E-state index contributed by atoms with van der Waals surface area (Å²) in [4.78, 5) is 2.01. The minimum absolute atomic E-state index is 0.00752. The smallest absolute Gasteiger partial charge is 0.129 e. The van der Waals surface area contributed by atoms with Crippen molar-refractivity contribution >= 4 is 5.84 Å². The summed E-state index contributed by atoms with van der Waals surface area (Å²) in [5.41, 5.74) is 7.15. The molecule has 0 aliphatic rings. The maximum absolute atomic E-state index is 9.31. The van der Waals surface area contributed by atoms with Gasteiger partial charge in [-0.2, -0.15) is 0 Å². The van der Waals surface area contributed by atoms with E-state index in [1.807, 2.05) is 30.1 Å². The monoisotopic (exact) mass is 251 g/mol. The van der Waals surface area contributed by atoms with Gasteiger partial charge in [-0.15, -0.1) is 0 Å². The van der Waals surface area contributed by atoms with Crippen molar-refractivity contribution in [3.8, 4) is 5.75 Å². The Kier molecular flexibility index (Phi) is 5.12. The van der Waals surface area contributed by atoms with Crippen molar-refractivity contribution in [2.45, 2.75) is 19.6 Å². The third-order valence-corrected chi connectivity index (χ3v) is 2.58. The lowest BCUT2D eigenvalue weighted by molar-refractivity contribution is 0.138. The summed E-state index contributed by atoms with van der Waals surface area (Å²) < 4.78 is 5.16. The highest BCUT2D eigenvalue weighted by Crippen LogP contribution is 2.20. The number of amidine groups is 1. The van der Waals surface area contributed by atoms with Gasteiger partial charge in [-0.25, -0.2) is 0 Å². The lowest BCUT2D eigenvalue weighted by atomic mass is 10.1. The molecule has 0 fully saturated rings. The van der Waals surface area contributed by atoms with Crippen molar-refractivity contribution in [3.05, 3.63) is 29.3 Å². The topological polar surface area (TPSA) is 82.6 Å². The summed E-state index contributed by atoms with van der Waals surface area (Å²) in [5, 5.41) is 16.8. The van der Waals surface area contributed by atoms with Crippen LogP contribution in [0, 0.1) is 5.41 Å². The molecule has 1 atom stereocenters. The predicted octanol–water partition coefficient (Wildman–Crippen LogP) is 0.792. The second kappa shape index (κ2) is 6.37. The fourth-order valence-corrected chi connectivity index (χ4v) is 1.89. The SMILES string of the molecule is COc1ccc(CN(C)CC(C)O)cc1C(=N)N. The second-order valence-electron chi connectivity index (χ2n) is 4.49. The molecule has 1 unspecified atom stereocenters. The molecular formula is C13H21N3O2. The Morgan fingerprint density at radius 3 is 2.72 bits per heavy atom. The van der Waals surface area contributed by atoms with Gasteiger partial charge in [0, 0.05) is 13.1 Å². The van der Waals surface area contributed by atoms with Gasteiger partial charge < -0.3 is 15.6 Å². The van der Waals surface area contributed by atoms with Gasteiger partial charge >= 0.3 is 0 Å². The fraction of sp³-hybridized carbons (Fsp3) is 0.462. The molecule has 1 aromatic carbocycles. The maximum Gasteiger partial charge on any atom is 0.129 e. The number of hydrogen-bond acceptors (Lipinski definition) is 4. The first-order valence-electron chi connectivity index (χ1n) is 5.82. The van der Waals surface area contributed by atoms with E-state index in [0.717, 1.165) is 5.56 Å². The number of hydrogen-bond donors (Lipinski definition) is 3. The molecule has 1 rings (SSSR count). The molecule has 5 heteroatoms. The van der Waals surface area contributed by atoms with Crippen LogP contribution in [-0.4, -0.2) is 42.6 Å². The van der Waals surface area contributed by atoms with Crippen LogP contribution >= 0.6 is 0 Å². The first-order valence-corrected chi connectivity index (χ1v) is 5.82. The number of aliphatic hydroxyl groups is 1. The largest absolute Gasteiger partial charge is 0.496 e. The number of nitrogen functional groups attached to an aromatic ring is 1. The van der Waals surface area contributed by atoms with Gasteiger partial charge in [-0.3, -0.25) is 10.3 Å². The van der Waals surface area contributed by atoms with E-state index in [2.05, 4.69) is 0 Å². The van der Waals surface area contributed by atoms with Crippen LogP contribution in [-0.2, 0) is 6.54 Å². The molecule has 0 aromatic heterocycles. The summed E-state index contributed by atoms with van der Waals surface area (Å²) in [7, 11) is 3.49. The van der Waals surface area contributed by atoms with E-state index in [0.29, 0.717) is 24.4 Å². The predicted molar refractivity (Wildman–Crippen MR) is 72.0 cm³/mol. The molecule has 0 radical (unpaired) electrons. The van der Waals surface area contributed by atoms with Crippen LogP contribution in [0.1, 0.15) is 18.1 Å². The van der Waals surface area contributed by atoms with Crippen LogP contribution in [0.3, 0.4) is 0 Å². The van der Waals surface area contributed by atoms with Crippen LogP contribution in [0.15, 0.2) is 18.2 Å². The van der Waals surface area contributed by atoms with Gasteiger partial charge in [0.2, 0.25) is 0 Å². The average molecular weight is 251 g/mol. The number of nitrogens with zero attached hydrogens (tertiary/aromatic N) is 1. The Labute approximate surface area is 108 Å². The van der Waals surface area contributed by atoms with Crippen LogP contribution in [0.2, 0.25) is 0 Å². The van der Waals surface area contributed by atoms with Crippen molar-refractivity contribution in [3.63, 3.8) is 0 Å². The Morgan fingerprint density at radius 1 is 1.56 bits per heavy atom. The molecule has 0 aliphatic carbocycles. The highest BCUT2D eigenvalue weighted by molar-refractivity contribution is 5.97. The average Bonchev–Trinajstić information content (AvgIpc) is 2.27. The van der Waals surface area contributed by atoms with Gasteiger partial charge in [0.1, 0.15) is 11.6 Å². The fourth-order valence-electron chi connectivity index (χ4n) is 1.89. The van der Waals surface area contributed by atoms with E-state index in [9.17, 15) is 5.11 Å². The van der Waals surface area contributed by atoms with Gasteiger partial charge in [0.05, 0.1) is 18.8 Å². The quantitative estimate of drug-likeness (QED) is 0.515. The Morgan fingerprint density at radius 2 is 2.22 bits per heavy atom. The number of nitrogens with two attached hydrogens (primary N) is 1. The summed E-state index contributed by atoms with van der Waals surface area (Å²) in [6.45, 7) is 3.04. The van der Waals surface area contributed by atoms with Crippen molar-refractivity contribution in [1.82, 2.24) is 4.90 Å². The summed E-state index contributed by atoms with van der Waals surface area (Å²) in [6.07, 6.45) is -0.361. The number of rotatable bonds is 6. The Hall–Kier alpha value is -1.59.